The van der Waals surface area contributed by atoms with E-state index in [1.807, 2.05) is 6.92 Å². The molecule has 4 rings (SSSR count). The van der Waals surface area contributed by atoms with Crippen molar-refractivity contribution in [1.29, 1.82) is 0 Å². The summed E-state index contributed by atoms with van der Waals surface area (Å²) in [5.41, 5.74) is -0.0616. The van der Waals surface area contributed by atoms with Crippen molar-refractivity contribution in [1.82, 2.24) is 19.6 Å². The molecule has 1 aromatic heterocycles. The van der Waals surface area contributed by atoms with E-state index in [1.165, 1.54) is 9.80 Å². The number of carbonyl (C=O) groups excluding carboxylic acids is 2. The lowest BCUT2D eigenvalue weighted by molar-refractivity contribution is -0.139. The smallest absolute Gasteiger partial charge is 0.393 e. The Balaban J connectivity index is 1.60. The summed E-state index contributed by atoms with van der Waals surface area (Å²) in [6.07, 6.45) is -4.62. The first-order valence-corrected chi connectivity index (χ1v) is 11.4. The second-order valence-corrected chi connectivity index (χ2v) is 9.18. The second kappa shape index (κ2) is 9.14. The number of aliphatic hydroxyl groups is 1. The number of nitrogens with zero attached hydrogens (tertiary/aromatic N) is 4. The van der Waals surface area contributed by atoms with Crippen LogP contribution >= 0.6 is 0 Å². The minimum absolute atomic E-state index is 0.0333. The predicted molar refractivity (Wildman–Crippen MR) is 118 cm³/mol. The first-order valence-electron chi connectivity index (χ1n) is 11.4. The van der Waals surface area contributed by atoms with Crippen LogP contribution in [0.5, 0.6) is 0 Å². The molecule has 0 radical (unpaired) electrons. The van der Waals surface area contributed by atoms with Gasteiger partial charge >= 0.3 is 12.2 Å². The SMILES string of the molecule is CC[C@@H](O)[C@@H]1CN(C)C(=O)c2c3c(nn2C1)C[C@@H](C)N(C(=O)Nc1ccc(F)c(C(F)(F)F)c1)C3. The van der Waals surface area contributed by atoms with Crippen molar-refractivity contribution in [3.63, 3.8) is 0 Å². The Morgan fingerprint density at radius 2 is 2.03 bits per heavy atom. The molecule has 12 heteroatoms. The number of fused-ring (bicyclic) bond motifs is 3. The van der Waals surface area contributed by atoms with Gasteiger partial charge in [0, 0.05) is 49.8 Å². The van der Waals surface area contributed by atoms with Gasteiger partial charge < -0.3 is 20.2 Å². The van der Waals surface area contributed by atoms with E-state index in [0.29, 0.717) is 55.0 Å². The van der Waals surface area contributed by atoms with Crippen LogP contribution < -0.4 is 5.32 Å². The molecule has 2 N–H and O–H groups in total. The van der Waals surface area contributed by atoms with Gasteiger partial charge in [0.2, 0.25) is 0 Å². The summed E-state index contributed by atoms with van der Waals surface area (Å²) in [4.78, 5) is 29.1. The molecule has 8 nitrogen and oxygen atoms in total. The molecule has 3 atom stereocenters. The van der Waals surface area contributed by atoms with E-state index in [4.69, 9.17) is 0 Å². The van der Waals surface area contributed by atoms with Gasteiger partial charge in [-0.05, 0) is 31.5 Å². The highest BCUT2D eigenvalue weighted by Gasteiger charge is 2.38. The standard InChI is InChI=1S/C23H27F4N5O3/c1-4-19(33)13-9-30(3)21(34)20-15-11-31(12(2)7-18(15)29-32(20)10-13)22(35)28-14-5-6-17(24)16(8-14)23(25,26)27/h5-6,8,12-13,19,33H,4,7,9-11H2,1-3H3,(H,28,35)/t12-,13-,19-/m1/s1. The number of amides is 3. The molecule has 2 aliphatic heterocycles. The molecule has 35 heavy (non-hydrogen) atoms. The third kappa shape index (κ3) is 4.71. The Morgan fingerprint density at radius 1 is 1.31 bits per heavy atom. The van der Waals surface area contributed by atoms with Crippen LogP contribution in [0.4, 0.5) is 28.0 Å². The highest BCUT2D eigenvalue weighted by molar-refractivity contribution is 5.95. The molecule has 0 aliphatic carbocycles. The van der Waals surface area contributed by atoms with Gasteiger partial charge in [-0.3, -0.25) is 9.48 Å². The van der Waals surface area contributed by atoms with E-state index in [2.05, 4.69) is 10.4 Å². The van der Waals surface area contributed by atoms with Gasteiger partial charge in [-0.2, -0.15) is 18.3 Å². The summed E-state index contributed by atoms with van der Waals surface area (Å²) in [5.74, 6) is -1.90. The van der Waals surface area contributed by atoms with Crippen LogP contribution in [-0.2, 0) is 25.7 Å². The van der Waals surface area contributed by atoms with Crippen LogP contribution in [0.25, 0.3) is 0 Å². The number of benzene rings is 1. The summed E-state index contributed by atoms with van der Waals surface area (Å²) in [7, 11) is 1.65. The molecule has 2 aromatic rings. The maximum Gasteiger partial charge on any atom is 0.419 e. The van der Waals surface area contributed by atoms with E-state index in [1.54, 1.807) is 18.7 Å². The summed E-state index contributed by atoms with van der Waals surface area (Å²) >= 11 is 0. The van der Waals surface area contributed by atoms with Crippen molar-refractivity contribution in [2.24, 2.45) is 5.92 Å². The lowest BCUT2D eigenvalue weighted by atomic mass is 9.99. The number of halogens is 4. The normalized spacial score (nSPS) is 21.3. The number of aliphatic hydroxyl groups excluding tert-OH is 1. The first-order chi connectivity index (χ1) is 16.4. The number of aromatic nitrogens is 2. The summed E-state index contributed by atoms with van der Waals surface area (Å²) in [5, 5.41) is 17.4. The molecule has 0 saturated carbocycles. The zero-order valence-corrected chi connectivity index (χ0v) is 19.6. The molecule has 2 aliphatic rings. The molecule has 1 aromatic carbocycles. The van der Waals surface area contributed by atoms with Crippen molar-refractivity contribution >= 4 is 17.6 Å². The average molecular weight is 497 g/mol. The number of hydrogen-bond donors (Lipinski definition) is 2. The number of hydrogen-bond acceptors (Lipinski definition) is 4. The van der Waals surface area contributed by atoms with Crippen molar-refractivity contribution in [2.75, 3.05) is 18.9 Å². The molecule has 0 fully saturated rings. The van der Waals surface area contributed by atoms with Gasteiger partial charge in [-0.1, -0.05) is 6.92 Å². The lowest BCUT2D eigenvalue weighted by Crippen LogP contribution is -2.45. The lowest BCUT2D eigenvalue weighted by Gasteiger charge is -2.33. The molecule has 190 valence electrons. The highest BCUT2D eigenvalue weighted by atomic mass is 19.4. The van der Waals surface area contributed by atoms with Crippen molar-refractivity contribution in [2.45, 2.75) is 58.1 Å². The third-order valence-corrected chi connectivity index (χ3v) is 6.69. The zero-order valence-electron chi connectivity index (χ0n) is 19.6. The zero-order chi connectivity index (χ0) is 25.7. The highest BCUT2D eigenvalue weighted by Crippen LogP contribution is 2.34. The molecule has 0 saturated heterocycles. The second-order valence-electron chi connectivity index (χ2n) is 9.18. The quantitative estimate of drug-likeness (QED) is 0.636. The van der Waals surface area contributed by atoms with Crippen LogP contribution in [-0.4, -0.2) is 62.4 Å². The van der Waals surface area contributed by atoms with Gasteiger partial charge in [0.25, 0.3) is 5.91 Å². The number of nitrogens with one attached hydrogen (secondary N) is 1. The molecule has 3 amide bonds. The first kappa shape index (κ1) is 25.0. The summed E-state index contributed by atoms with van der Waals surface area (Å²) < 4.78 is 54.4. The Bertz CT molecular complexity index is 1150. The number of urea groups is 1. The van der Waals surface area contributed by atoms with Gasteiger partial charge in [0.05, 0.1) is 23.9 Å². The van der Waals surface area contributed by atoms with Crippen LogP contribution in [0.15, 0.2) is 18.2 Å². The number of carbonyl (C=O) groups is 2. The van der Waals surface area contributed by atoms with Crippen LogP contribution in [0.3, 0.4) is 0 Å². The summed E-state index contributed by atoms with van der Waals surface area (Å²) in [6.45, 7) is 4.38. The van der Waals surface area contributed by atoms with Gasteiger partial charge in [-0.15, -0.1) is 0 Å². The fraction of sp³-hybridized carbons (Fsp3) is 0.522. The van der Waals surface area contributed by atoms with E-state index in [-0.39, 0.29) is 30.1 Å². The van der Waals surface area contributed by atoms with Gasteiger partial charge in [0.15, 0.2) is 0 Å². The Hall–Kier alpha value is -3.15. The molecule has 0 bridgehead atoms. The number of anilines is 1. The fourth-order valence-corrected chi connectivity index (χ4v) is 4.73. The largest absolute Gasteiger partial charge is 0.419 e. The average Bonchev–Trinajstić information content (AvgIpc) is 3.07. The van der Waals surface area contributed by atoms with Crippen LogP contribution in [0.1, 0.15) is 47.6 Å². The van der Waals surface area contributed by atoms with Crippen molar-refractivity contribution in [3.8, 4) is 0 Å². The van der Waals surface area contributed by atoms with Crippen molar-refractivity contribution < 1.29 is 32.3 Å². The van der Waals surface area contributed by atoms with Crippen LogP contribution in [0, 0.1) is 11.7 Å². The van der Waals surface area contributed by atoms with E-state index < -0.39 is 29.7 Å². The Morgan fingerprint density at radius 3 is 2.69 bits per heavy atom. The van der Waals surface area contributed by atoms with Gasteiger partial charge in [0.1, 0.15) is 11.5 Å². The Labute approximate surface area is 199 Å². The van der Waals surface area contributed by atoms with Crippen molar-refractivity contribution in [3.05, 3.63) is 46.5 Å². The topological polar surface area (TPSA) is 90.7 Å². The minimum atomic E-state index is -4.90. The molecule has 3 heterocycles. The van der Waals surface area contributed by atoms with Gasteiger partial charge in [-0.25, -0.2) is 9.18 Å². The third-order valence-electron chi connectivity index (χ3n) is 6.69. The maximum atomic E-state index is 13.6. The summed E-state index contributed by atoms with van der Waals surface area (Å²) in [6, 6.07) is 1.25. The van der Waals surface area contributed by atoms with E-state index >= 15 is 0 Å². The van der Waals surface area contributed by atoms with E-state index in [9.17, 15) is 32.3 Å². The number of rotatable bonds is 3. The Kier molecular flexibility index (Phi) is 6.52. The molecular formula is C23H27F4N5O3. The van der Waals surface area contributed by atoms with E-state index in [0.717, 1.165) is 6.07 Å². The van der Waals surface area contributed by atoms with Crippen LogP contribution in [0.2, 0.25) is 0 Å². The predicted octanol–water partition coefficient (Wildman–Crippen LogP) is 3.49. The minimum Gasteiger partial charge on any atom is -0.393 e. The molecule has 0 unspecified atom stereocenters. The molecule has 0 spiro atoms. The fourth-order valence-electron chi connectivity index (χ4n) is 4.73. The maximum absolute atomic E-state index is 13.6. The molecular weight excluding hydrogens is 470 g/mol. The monoisotopic (exact) mass is 497 g/mol. The number of alkyl halides is 3.